The van der Waals surface area contributed by atoms with E-state index in [1.165, 1.54) is 4.90 Å². The van der Waals surface area contributed by atoms with E-state index < -0.39 is 11.5 Å². The Labute approximate surface area is 192 Å². The van der Waals surface area contributed by atoms with Gasteiger partial charge in [-0.25, -0.2) is 9.78 Å². The fraction of sp³-hybridized carbons (Fsp3) is 0.231. The van der Waals surface area contributed by atoms with Crippen LogP contribution in [0.5, 0.6) is 0 Å². The number of fused-ring (bicyclic) bond motifs is 1. The van der Waals surface area contributed by atoms with Crippen LogP contribution in [-0.4, -0.2) is 45.0 Å². The predicted octanol–water partition coefficient (Wildman–Crippen LogP) is 4.28. The first-order valence-electron chi connectivity index (χ1n) is 10.8. The molecule has 0 unspecified atom stereocenters. The third-order valence-electron chi connectivity index (χ3n) is 5.98. The fourth-order valence-corrected chi connectivity index (χ4v) is 4.01. The van der Waals surface area contributed by atoms with Gasteiger partial charge in [0.25, 0.3) is 5.91 Å². The van der Waals surface area contributed by atoms with Crippen molar-refractivity contribution in [2.75, 3.05) is 13.7 Å². The Hall–Kier alpha value is -4.00. The van der Waals surface area contributed by atoms with Gasteiger partial charge in [0.1, 0.15) is 11.3 Å². The number of rotatable bonds is 6. The summed E-state index contributed by atoms with van der Waals surface area (Å²) in [6.07, 6.45) is 3.46. The Morgan fingerprint density at radius 2 is 1.76 bits per heavy atom. The number of imidazole rings is 1. The first-order valence-corrected chi connectivity index (χ1v) is 10.8. The molecule has 2 aromatic carbocycles. The van der Waals surface area contributed by atoms with Gasteiger partial charge in [-0.05, 0) is 56.7 Å². The largest absolute Gasteiger partial charge is 0.464 e. The number of likely N-dealkylation sites (N-methyl/N-ethyl adjacent to an activating group) is 1. The summed E-state index contributed by atoms with van der Waals surface area (Å²) in [4.78, 5) is 36.5. The normalized spacial score (nSPS) is 12.8. The van der Waals surface area contributed by atoms with Gasteiger partial charge in [0.2, 0.25) is 0 Å². The van der Waals surface area contributed by atoms with E-state index in [1.807, 2.05) is 60.0 Å². The summed E-state index contributed by atoms with van der Waals surface area (Å²) in [7, 11) is 1.63. The lowest BCUT2D eigenvalue weighted by Crippen LogP contribution is -2.51. The smallest absolute Gasteiger partial charge is 0.336 e. The summed E-state index contributed by atoms with van der Waals surface area (Å²) in [5.74, 6) is 0.0725. The molecule has 4 aromatic rings. The van der Waals surface area contributed by atoms with Gasteiger partial charge in [-0.1, -0.05) is 30.3 Å². The summed E-state index contributed by atoms with van der Waals surface area (Å²) in [5, 5.41) is 0. The monoisotopic (exact) mass is 442 g/mol. The van der Waals surface area contributed by atoms with E-state index in [1.54, 1.807) is 45.4 Å². The molecule has 0 bridgehead atoms. The first kappa shape index (κ1) is 22.2. The number of hydrogen-bond donors (Lipinski definition) is 0. The quantitative estimate of drug-likeness (QED) is 0.417. The highest BCUT2D eigenvalue weighted by atomic mass is 16.5. The van der Waals surface area contributed by atoms with Crippen molar-refractivity contribution < 1.29 is 14.3 Å². The van der Waals surface area contributed by atoms with Crippen LogP contribution in [0.2, 0.25) is 0 Å². The van der Waals surface area contributed by atoms with E-state index in [4.69, 9.17) is 4.74 Å². The lowest BCUT2D eigenvalue weighted by atomic mass is 9.89. The summed E-state index contributed by atoms with van der Waals surface area (Å²) in [6, 6.07) is 18.4. The lowest BCUT2D eigenvalue weighted by molar-refractivity contribution is -0.155. The molecule has 4 rings (SSSR count). The van der Waals surface area contributed by atoms with Crippen LogP contribution in [0.25, 0.3) is 16.7 Å². The zero-order valence-electron chi connectivity index (χ0n) is 19.1. The average molecular weight is 443 g/mol. The molecular weight excluding hydrogens is 416 g/mol. The van der Waals surface area contributed by atoms with E-state index in [-0.39, 0.29) is 12.5 Å². The highest BCUT2D eigenvalue weighted by molar-refractivity contribution is 5.98. The number of aromatic nitrogens is 3. The maximum atomic E-state index is 13.4. The van der Waals surface area contributed by atoms with Crippen molar-refractivity contribution in [1.29, 1.82) is 0 Å². The number of ether oxygens (including phenoxy) is 1. The number of esters is 1. The highest BCUT2D eigenvalue weighted by Crippen LogP contribution is 2.30. The molecule has 0 fully saturated rings. The van der Waals surface area contributed by atoms with Crippen LogP contribution < -0.4 is 0 Å². The number of aryl methyl sites for hydroxylation is 1. The van der Waals surface area contributed by atoms with Gasteiger partial charge in [-0.3, -0.25) is 14.3 Å². The molecule has 0 N–H and O–H groups in total. The van der Waals surface area contributed by atoms with Gasteiger partial charge >= 0.3 is 5.97 Å². The van der Waals surface area contributed by atoms with Gasteiger partial charge < -0.3 is 9.64 Å². The molecule has 2 aromatic heterocycles. The second-order valence-electron chi connectivity index (χ2n) is 7.93. The van der Waals surface area contributed by atoms with E-state index in [9.17, 15) is 9.59 Å². The van der Waals surface area contributed by atoms with E-state index >= 15 is 0 Å². The number of nitrogens with zero attached hydrogens (tertiary/aromatic N) is 4. The summed E-state index contributed by atoms with van der Waals surface area (Å²) in [5.41, 5.74) is 2.52. The minimum atomic E-state index is -1.27. The summed E-state index contributed by atoms with van der Waals surface area (Å²) >= 11 is 0. The maximum Gasteiger partial charge on any atom is 0.336 e. The topological polar surface area (TPSA) is 77.3 Å². The molecule has 0 aliphatic carbocycles. The van der Waals surface area contributed by atoms with Crippen molar-refractivity contribution in [3.05, 3.63) is 90.0 Å². The molecule has 2 heterocycles. The van der Waals surface area contributed by atoms with Crippen molar-refractivity contribution in [1.82, 2.24) is 19.4 Å². The van der Waals surface area contributed by atoms with E-state index in [2.05, 4.69) is 9.97 Å². The van der Waals surface area contributed by atoms with Gasteiger partial charge in [0, 0.05) is 24.5 Å². The van der Waals surface area contributed by atoms with Crippen molar-refractivity contribution in [3.63, 3.8) is 0 Å². The third kappa shape index (κ3) is 3.86. The Morgan fingerprint density at radius 3 is 2.42 bits per heavy atom. The minimum Gasteiger partial charge on any atom is -0.464 e. The van der Waals surface area contributed by atoms with Crippen molar-refractivity contribution in [3.8, 4) is 5.69 Å². The number of carbonyl (C=O) groups excluding carboxylic acids is 2. The number of benzene rings is 2. The SMILES string of the molecule is CCOC(=O)[C@@](C)(c1ccccc1)N(C)C(=O)c1ccc(-n2c(C)nc3cnccc32)cc1. The molecule has 7 heteroatoms. The first-order chi connectivity index (χ1) is 15.9. The molecule has 0 aliphatic rings. The van der Waals surface area contributed by atoms with Crippen molar-refractivity contribution in [2.24, 2.45) is 0 Å². The van der Waals surface area contributed by atoms with Crippen LogP contribution in [-0.2, 0) is 15.1 Å². The zero-order chi connectivity index (χ0) is 23.6. The van der Waals surface area contributed by atoms with Crippen LogP contribution in [0, 0.1) is 6.92 Å². The Morgan fingerprint density at radius 1 is 1.06 bits per heavy atom. The number of pyridine rings is 1. The fourth-order valence-electron chi connectivity index (χ4n) is 4.01. The maximum absolute atomic E-state index is 13.4. The standard InChI is InChI=1S/C26H26N4O3/c1-5-33-25(32)26(3,20-9-7-6-8-10-20)29(4)24(31)19-11-13-21(14-12-19)30-18(2)28-22-17-27-16-15-23(22)30/h6-17H,5H2,1-4H3/t26-/m1/s1. The van der Waals surface area contributed by atoms with Crippen molar-refractivity contribution in [2.45, 2.75) is 26.3 Å². The molecule has 7 nitrogen and oxygen atoms in total. The molecule has 33 heavy (non-hydrogen) atoms. The summed E-state index contributed by atoms with van der Waals surface area (Å²) < 4.78 is 7.36. The van der Waals surface area contributed by atoms with Crippen LogP contribution in [0.3, 0.4) is 0 Å². The van der Waals surface area contributed by atoms with Crippen molar-refractivity contribution >= 4 is 22.9 Å². The molecule has 0 saturated carbocycles. The lowest BCUT2D eigenvalue weighted by Gasteiger charge is -2.37. The molecule has 0 spiro atoms. The third-order valence-corrected chi connectivity index (χ3v) is 5.98. The Kier molecular flexibility index (Phi) is 5.96. The molecule has 0 radical (unpaired) electrons. The number of hydrogen-bond acceptors (Lipinski definition) is 5. The molecule has 0 saturated heterocycles. The molecule has 168 valence electrons. The zero-order valence-corrected chi connectivity index (χ0v) is 19.1. The van der Waals surface area contributed by atoms with Crippen LogP contribution in [0.15, 0.2) is 73.1 Å². The number of amides is 1. The Balaban J connectivity index is 1.68. The van der Waals surface area contributed by atoms with E-state index in [0.717, 1.165) is 22.5 Å². The second-order valence-corrected chi connectivity index (χ2v) is 7.93. The van der Waals surface area contributed by atoms with Gasteiger partial charge in [-0.2, -0.15) is 0 Å². The van der Waals surface area contributed by atoms with Gasteiger partial charge in [0.15, 0.2) is 5.54 Å². The predicted molar refractivity (Wildman–Crippen MR) is 126 cm³/mol. The molecule has 0 aliphatic heterocycles. The van der Waals surface area contributed by atoms with Crippen LogP contribution >= 0.6 is 0 Å². The molecule has 1 amide bonds. The molecular formula is C26H26N4O3. The van der Waals surface area contributed by atoms with Crippen LogP contribution in [0.4, 0.5) is 0 Å². The second kappa shape index (κ2) is 8.86. The van der Waals surface area contributed by atoms with Crippen LogP contribution in [0.1, 0.15) is 35.6 Å². The van der Waals surface area contributed by atoms with E-state index in [0.29, 0.717) is 11.1 Å². The molecule has 1 atom stereocenters. The van der Waals surface area contributed by atoms with Gasteiger partial charge in [-0.15, -0.1) is 0 Å². The highest BCUT2D eigenvalue weighted by Gasteiger charge is 2.43. The number of carbonyl (C=O) groups is 2. The summed E-state index contributed by atoms with van der Waals surface area (Å²) in [6.45, 7) is 5.62. The Bertz CT molecular complexity index is 1300. The van der Waals surface area contributed by atoms with Gasteiger partial charge in [0.05, 0.1) is 18.3 Å². The average Bonchev–Trinajstić information content (AvgIpc) is 3.19. The minimum absolute atomic E-state index is 0.228.